The quantitative estimate of drug-likeness (QED) is 0.905. The van der Waals surface area contributed by atoms with Crippen LogP contribution in [0, 0.1) is 0 Å². The van der Waals surface area contributed by atoms with Crippen molar-refractivity contribution in [1.29, 1.82) is 0 Å². The van der Waals surface area contributed by atoms with Gasteiger partial charge in [0.25, 0.3) is 0 Å². The summed E-state index contributed by atoms with van der Waals surface area (Å²) >= 11 is 0. The summed E-state index contributed by atoms with van der Waals surface area (Å²) in [4.78, 5) is 11.5. The summed E-state index contributed by atoms with van der Waals surface area (Å²) in [5.41, 5.74) is 7.42. The molecule has 120 valence electrons. The fraction of sp³-hybridized carbons (Fsp3) is 0.533. The van der Waals surface area contributed by atoms with Crippen LogP contribution in [0.1, 0.15) is 30.4 Å². The number of benzene rings is 1. The molecule has 1 fully saturated rings. The number of aryl methyl sites for hydroxylation is 2. The SMILES string of the molecule is NC(=O)[C@@H]1C[C@@H](F)CN1S(=O)(=O)c1ccc2c(c1)CCCC2. The van der Waals surface area contributed by atoms with Crippen molar-refractivity contribution >= 4 is 15.9 Å². The van der Waals surface area contributed by atoms with E-state index < -0.39 is 28.1 Å². The molecule has 2 aliphatic rings. The second-order valence-corrected chi connectivity index (χ2v) is 7.85. The van der Waals surface area contributed by atoms with Gasteiger partial charge in [-0.05, 0) is 48.9 Å². The van der Waals surface area contributed by atoms with Crippen molar-refractivity contribution in [3.63, 3.8) is 0 Å². The van der Waals surface area contributed by atoms with Gasteiger partial charge in [0, 0.05) is 13.0 Å². The molecule has 2 N–H and O–H groups in total. The highest BCUT2D eigenvalue weighted by Crippen LogP contribution is 2.30. The van der Waals surface area contributed by atoms with E-state index in [-0.39, 0.29) is 17.9 Å². The highest BCUT2D eigenvalue weighted by molar-refractivity contribution is 7.89. The lowest BCUT2D eigenvalue weighted by Gasteiger charge is -2.23. The maximum atomic E-state index is 13.6. The van der Waals surface area contributed by atoms with Crippen LogP contribution in [0.15, 0.2) is 23.1 Å². The Hall–Kier alpha value is -1.47. The monoisotopic (exact) mass is 326 g/mol. The third-order valence-electron chi connectivity index (χ3n) is 4.46. The lowest BCUT2D eigenvalue weighted by atomic mass is 9.92. The fourth-order valence-corrected chi connectivity index (χ4v) is 4.97. The Kier molecular flexibility index (Phi) is 3.94. The number of nitrogens with zero attached hydrogens (tertiary/aromatic N) is 1. The van der Waals surface area contributed by atoms with E-state index in [9.17, 15) is 17.6 Å². The predicted octanol–water partition coefficient (Wildman–Crippen LogP) is 1.15. The van der Waals surface area contributed by atoms with Crippen molar-refractivity contribution in [1.82, 2.24) is 4.31 Å². The summed E-state index contributed by atoms with van der Waals surface area (Å²) < 4.78 is 40.0. The maximum absolute atomic E-state index is 13.6. The van der Waals surface area contributed by atoms with Gasteiger partial charge in [0.15, 0.2) is 0 Å². The van der Waals surface area contributed by atoms with E-state index in [1.54, 1.807) is 12.1 Å². The molecule has 1 aliphatic heterocycles. The molecule has 1 heterocycles. The second-order valence-electron chi connectivity index (χ2n) is 5.96. The number of amides is 1. The van der Waals surface area contributed by atoms with E-state index >= 15 is 0 Å². The zero-order valence-electron chi connectivity index (χ0n) is 12.2. The average molecular weight is 326 g/mol. The molecule has 0 aromatic heterocycles. The first-order valence-corrected chi connectivity index (χ1v) is 8.90. The van der Waals surface area contributed by atoms with E-state index in [0.29, 0.717) is 0 Å². The Bertz CT molecular complexity index is 705. The van der Waals surface area contributed by atoms with Crippen LogP contribution in [0.4, 0.5) is 4.39 Å². The standard InChI is InChI=1S/C15H19FN2O3S/c16-12-8-14(15(17)19)18(9-12)22(20,21)13-6-5-10-3-1-2-4-11(10)7-13/h5-7,12,14H,1-4,8-9H2,(H2,17,19)/t12-,14+/m1/s1. The maximum Gasteiger partial charge on any atom is 0.243 e. The lowest BCUT2D eigenvalue weighted by Crippen LogP contribution is -2.43. The number of hydrogen-bond acceptors (Lipinski definition) is 3. The topological polar surface area (TPSA) is 80.5 Å². The minimum Gasteiger partial charge on any atom is -0.368 e. The third-order valence-corrected chi connectivity index (χ3v) is 6.33. The minimum atomic E-state index is -3.91. The molecule has 22 heavy (non-hydrogen) atoms. The van der Waals surface area contributed by atoms with Crippen LogP contribution in [0.25, 0.3) is 0 Å². The van der Waals surface area contributed by atoms with Gasteiger partial charge < -0.3 is 5.73 Å². The molecule has 2 atom stereocenters. The Morgan fingerprint density at radius 3 is 2.59 bits per heavy atom. The fourth-order valence-electron chi connectivity index (χ4n) is 3.29. The summed E-state index contributed by atoms with van der Waals surface area (Å²) in [5.74, 6) is -0.804. The molecule has 3 rings (SSSR count). The number of rotatable bonds is 3. The molecule has 0 spiro atoms. The minimum absolute atomic E-state index is 0.119. The molecule has 1 amide bonds. The lowest BCUT2D eigenvalue weighted by molar-refractivity contribution is -0.121. The number of primary amides is 1. The highest BCUT2D eigenvalue weighted by Gasteiger charge is 2.43. The number of carbonyl (C=O) groups excluding carboxylic acids is 1. The largest absolute Gasteiger partial charge is 0.368 e. The molecule has 0 bridgehead atoms. The van der Waals surface area contributed by atoms with Gasteiger partial charge in [-0.3, -0.25) is 4.79 Å². The summed E-state index contributed by atoms with van der Waals surface area (Å²) in [6.45, 7) is -0.312. The first kappa shape index (κ1) is 15.4. The molecule has 0 radical (unpaired) electrons. The zero-order chi connectivity index (χ0) is 15.9. The Balaban J connectivity index is 1.97. The highest BCUT2D eigenvalue weighted by atomic mass is 32.2. The van der Waals surface area contributed by atoms with Crippen LogP contribution in [0.3, 0.4) is 0 Å². The molecule has 5 nitrogen and oxygen atoms in total. The summed E-state index contributed by atoms with van der Waals surface area (Å²) in [5, 5.41) is 0. The van der Waals surface area contributed by atoms with Crippen LogP contribution in [-0.4, -0.2) is 37.4 Å². The van der Waals surface area contributed by atoms with Gasteiger partial charge in [-0.1, -0.05) is 6.07 Å². The van der Waals surface area contributed by atoms with Crippen molar-refractivity contribution in [2.24, 2.45) is 5.73 Å². The van der Waals surface area contributed by atoms with Crippen LogP contribution >= 0.6 is 0 Å². The Morgan fingerprint density at radius 2 is 1.91 bits per heavy atom. The number of nitrogens with two attached hydrogens (primary N) is 1. The summed E-state index contributed by atoms with van der Waals surface area (Å²) in [7, 11) is -3.91. The molecule has 1 aromatic carbocycles. The average Bonchev–Trinajstić information content (AvgIpc) is 2.90. The van der Waals surface area contributed by atoms with Gasteiger partial charge >= 0.3 is 0 Å². The second kappa shape index (κ2) is 5.62. The van der Waals surface area contributed by atoms with Crippen molar-refractivity contribution in [3.05, 3.63) is 29.3 Å². The van der Waals surface area contributed by atoms with Crippen LogP contribution in [-0.2, 0) is 27.7 Å². The number of sulfonamides is 1. The number of carbonyl (C=O) groups is 1. The molecule has 1 aliphatic carbocycles. The third kappa shape index (κ3) is 2.63. The van der Waals surface area contributed by atoms with E-state index in [1.165, 1.54) is 5.56 Å². The number of alkyl halides is 1. The Morgan fingerprint density at radius 1 is 1.23 bits per heavy atom. The number of hydrogen-bond donors (Lipinski definition) is 1. The molecule has 0 saturated carbocycles. The number of halogens is 1. The van der Waals surface area contributed by atoms with Crippen LogP contribution in [0.2, 0.25) is 0 Å². The first-order chi connectivity index (χ1) is 10.4. The molecule has 1 saturated heterocycles. The van der Waals surface area contributed by atoms with E-state index in [0.717, 1.165) is 35.6 Å². The smallest absolute Gasteiger partial charge is 0.243 e. The molecule has 7 heteroatoms. The normalized spacial score (nSPS) is 25.9. The van der Waals surface area contributed by atoms with E-state index in [1.807, 2.05) is 6.07 Å². The van der Waals surface area contributed by atoms with E-state index in [4.69, 9.17) is 5.73 Å². The Labute approximate surface area is 129 Å². The van der Waals surface area contributed by atoms with Crippen molar-refractivity contribution in [2.45, 2.75) is 49.2 Å². The molecular weight excluding hydrogens is 307 g/mol. The van der Waals surface area contributed by atoms with Gasteiger partial charge in [-0.25, -0.2) is 12.8 Å². The van der Waals surface area contributed by atoms with Gasteiger partial charge in [0.1, 0.15) is 12.2 Å². The van der Waals surface area contributed by atoms with Crippen molar-refractivity contribution in [2.75, 3.05) is 6.54 Å². The van der Waals surface area contributed by atoms with Gasteiger partial charge in [0.2, 0.25) is 15.9 Å². The summed E-state index contributed by atoms with van der Waals surface area (Å²) in [6, 6.07) is 3.93. The summed E-state index contributed by atoms with van der Waals surface area (Å²) in [6.07, 6.45) is 2.43. The molecule has 0 unspecified atom stereocenters. The molecular formula is C15H19FN2O3S. The zero-order valence-corrected chi connectivity index (χ0v) is 13.0. The van der Waals surface area contributed by atoms with Crippen molar-refractivity contribution in [3.8, 4) is 0 Å². The van der Waals surface area contributed by atoms with Gasteiger partial charge in [-0.2, -0.15) is 4.31 Å². The van der Waals surface area contributed by atoms with Gasteiger partial charge in [0.05, 0.1) is 4.90 Å². The van der Waals surface area contributed by atoms with Gasteiger partial charge in [-0.15, -0.1) is 0 Å². The van der Waals surface area contributed by atoms with E-state index in [2.05, 4.69) is 0 Å². The van der Waals surface area contributed by atoms with Crippen LogP contribution in [0.5, 0.6) is 0 Å². The first-order valence-electron chi connectivity index (χ1n) is 7.46. The number of fused-ring (bicyclic) bond motifs is 1. The molecule has 1 aromatic rings. The predicted molar refractivity (Wildman–Crippen MR) is 79.5 cm³/mol. The van der Waals surface area contributed by atoms with Crippen molar-refractivity contribution < 1.29 is 17.6 Å². The van der Waals surface area contributed by atoms with Crippen LogP contribution < -0.4 is 5.73 Å².